The zero-order chi connectivity index (χ0) is 16.9. The third kappa shape index (κ3) is 4.11. The summed E-state index contributed by atoms with van der Waals surface area (Å²) in [7, 11) is 0. The first-order chi connectivity index (χ1) is 11.6. The predicted octanol–water partition coefficient (Wildman–Crippen LogP) is 3.11. The number of halogens is 1. The van der Waals surface area contributed by atoms with E-state index in [1.807, 2.05) is 31.2 Å². The van der Waals surface area contributed by atoms with E-state index in [1.165, 1.54) is 12.1 Å². The van der Waals surface area contributed by atoms with Gasteiger partial charge in [-0.3, -0.25) is 4.79 Å². The molecule has 0 spiro atoms. The van der Waals surface area contributed by atoms with Crippen LogP contribution in [0.5, 0.6) is 5.75 Å². The molecule has 0 saturated carbocycles. The number of aryl methyl sites for hydroxylation is 1. The van der Waals surface area contributed by atoms with E-state index in [4.69, 9.17) is 9.47 Å². The summed E-state index contributed by atoms with van der Waals surface area (Å²) in [6.07, 6.45) is -0.234. The smallest absolute Gasteiger partial charge is 0.260 e. The Kier molecular flexibility index (Phi) is 5.11. The Bertz CT molecular complexity index is 685. The quantitative estimate of drug-likeness (QED) is 0.865. The van der Waals surface area contributed by atoms with Crippen LogP contribution in [0.1, 0.15) is 17.2 Å². The molecule has 0 aliphatic carbocycles. The lowest BCUT2D eigenvalue weighted by molar-refractivity contribution is -0.141. The lowest BCUT2D eigenvalue weighted by Crippen LogP contribution is -2.44. The van der Waals surface area contributed by atoms with Gasteiger partial charge >= 0.3 is 0 Å². The minimum atomic E-state index is -0.283. The molecule has 1 saturated heterocycles. The summed E-state index contributed by atoms with van der Waals surface area (Å²) in [5.41, 5.74) is 2.01. The Balaban J connectivity index is 1.56. The van der Waals surface area contributed by atoms with Gasteiger partial charge in [-0.15, -0.1) is 0 Å². The fourth-order valence-electron chi connectivity index (χ4n) is 2.63. The Hall–Kier alpha value is -2.40. The molecule has 0 radical (unpaired) electrons. The SMILES string of the molecule is Cc1ccc(OCC(=O)N2CCOC(c3ccc(F)cc3)C2)cc1. The van der Waals surface area contributed by atoms with Gasteiger partial charge in [-0.05, 0) is 36.8 Å². The topological polar surface area (TPSA) is 38.8 Å². The summed E-state index contributed by atoms with van der Waals surface area (Å²) >= 11 is 0. The summed E-state index contributed by atoms with van der Waals surface area (Å²) in [4.78, 5) is 14.1. The first kappa shape index (κ1) is 16.5. The molecule has 4 nitrogen and oxygen atoms in total. The molecule has 1 aliphatic rings. The van der Waals surface area contributed by atoms with Gasteiger partial charge in [0.05, 0.1) is 13.2 Å². The van der Waals surface area contributed by atoms with Gasteiger partial charge in [-0.25, -0.2) is 4.39 Å². The summed E-state index contributed by atoms with van der Waals surface area (Å²) in [6.45, 7) is 3.44. The molecule has 1 heterocycles. The Labute approximate surface area is 140 Å². The molecule has 1 fully saturated rings. The highest BCUT2D eigenvalue weighted by Crippen LogP contribution is 2.22. The molecule has 1 aliphatic heterocycles. The average molecular weight is 329 g/mol. The second kappa shape index (κ2) is 7.45. The first-order valence-electron chi connectivity index (χ1n) is 7.96. The van der Waals surface area contributed by atoms with Crippen molar-refractivity contribution in [1.82, 2.24) is 4.90 Å². The second-order valence-corrected chi connectivity index (χ2v) is 5.85. The Morgan fingerprint density at radius 1 is 1.21 bits per heavy atom. The number of nitrogens with zero attached hydrogens (tertiary/aromatic N) is 1. The third-order valence-corrected chi connectivity index (χ3v) is 4.04. The van der Waals surface area contributed by atoms with E-state index in [-0.39, 0.29) is 24.4 Å². The van der Waals surface area contributed by atoms with Crippen LogP contribution in [0.4, 0.5) is 4.39 Å². The van der Waals surface area contributed by atoms with Crippen LogP contribution in [0.15, 0.2) is 48.5 Å². The maximum atomic E-state index is 13.0. The van der Waals surface area contributed by atoms with Gasteiger partial charge in [-0.2, -0.15) is 0 Å². The van der Waals surface area contributed by atoms with E-state index in [1.54, 1.807) is 17.0 Å². The number of carbonyl (C=O) groups excluding carboxylic acids is 1. The van der Waals surface area contributed by atoms with Crippen molar-refractivity contribution in [2.45, 2.75) is 13.0 Å². The highest BCUT2D eigenvalue weighted by Gasteiger charge is 2.25. The van der Waals surface area contributed by atoms with Crippen LogP contribution in [-0.4, -0.2) is 37.1 Å². The van der Waals surface area contributed by atoms with E-state index in [0.717, 1.165) is 11.1 Å². The van der Waals surface area contributed by atoms with Gasteiger partial charge in [0, 0.05) is 6.54 Å². The van der Waals surface area contributed by atoms with Gasteiger partial charge in [0.15, 0.2) is 6.61 Å². The molecular weight excluding hydrogens is 309 g/mol. The zero-order valence-corrected chi connectivity index (χ0v) is 13.6. The fourth-order valence-corrected chi connectivity index (χ4v) is 2.63. The van der Waals surface area contributed by atoms with Crippen LogP contribution in [0.25, 0.3) is 0 Å². The lowest BCUT2D eigenvalue weighted by atomic mass is 10.1. The van der Waals surface area contributed by atoms with Gasteiger partial charge in [0.2, 0.25) is 0 Å². The fraction of sp³-hybridized carbons (Fsp3) is 0.316. The van der Waals surface area contributed by atoms with Gasteiger partial charge in [0.25, 0.3) is 5.91 Å². The van der Waals surface area contributed by atoms with Crippen molar-refractivity contribution >= 4 is 5.91 Å². The maximum absolute atomic E-state index is 13.0. The zero-order valence-electron chi connectivity index (χ0n) is 13.6. The summed E-state index contributed by atoms with van der Waals surface area (Å²) in [6, 6.07) is 13.8. The lowest BCUT2D eigenvalue weighted by Gasteiger charge is -2.33. The van der Waals surface area contributed by atoms with Crippen molar-refractivity contribution in [3.8, 4) is 5.75 Å². The van der Waals surface area contributed by atoms with Crippen molar-refractivity contribution < 1.29 is 18.7 Å². The molecule has 0 N–H and O–H groups in total. The first-order valence-corrected chi connectivity index (χ1v) is 7.96. The number of hydrogen-bond acceptors (Lipinski definition) is 3. The standard InChI is InChI=1S/C19H20FNO3/c1-14-2-8-17(9-3-14)24-13-19(22)21-10-11-23-18(12-21)15-4-6-16(20)7-5-15/h2-9,18H,10-13H2,1H3. The van der Waals surface area contributed by atoms with Gasteiger partial charge in [-0.1, -0.05) is 29.8 Å². The van der Waals surface area contributed by atoms with Crippen molar-refractivity contribution in [2.75, 3.05) is 26.3 Å². The molecule has 1 amide bonds. The molecule has 24 heavy (non-hydrogen) atoms. The highest BCUT2D eigenvalue weighted by molar-refractivity contribution is 5.78. The predicted molar refractivity (Wildman–Crippen MR) is 88.3 cm³/mol. The van der Waals surface area contributed by atoms with Crippen LogP contribution < -0.4 is 4.74 Å². The van der Waals surface area contributed by atoms with Crippen molar-refractivity contribution in [1.29, 1.82) is 0 Å². The highest BCUT2D eigenvalue weighted by atomic mass is 19.1. The summed E-state index contributed by atoms with van der Waals surface area (Å²) in [5.74, 6) is 0.317. The van der Waals surface area contributed by atoms with Crippen LogP contribution in [-0.2, 0) is 9.53 Å². The summed E-state index contributed by atoms with van der Waals surface area (Å²) < 4.78 is 24.3. The Morgan fingerprint density at radius 2 is 1.92 bits per heavy atom. The van der Waals surface area contributed by atoms with E-state index in [2.05, 4.69) is 0 Å². The largest absolute Gasteiger partial charge is 0.484 e. The van der Waals surface area contributed by atoms with Crippen molar-refractivity contribution in [3.63, 3.8) is 0 Å². The number of ether oxygens (including phenoxy) is 2. The van der Waals surface area contributed by atoms with E-state index in [0.29, 0.717) is 25.4 Å². The average Bonchev–Trinajstić information content (AvgIpc) is 2.62. The number of morpholine rings is 1. The molecule has 3 rings (SSSR count). The van der Waals surface area contributed by atoms with Crippen LogP contribution in [0, 0.1) is 12.7 Å². The van der Waals surface area contributed by atoms with Crippen LogP contribution in [0.3, 0.4) is 0 Å². The minimum absolute atomic E-state index is 0.000795. The molecule has 5 heteroatoms. The van der Waals surface area contributed by atoms with E-state index in [9.17, 15) is 9.18 Å². The Morgan fingerprint density at radius 3 is 2.62 bits per heavy atom. The van der Waals surface area contributed by atoms with Gasteiger partial charge in [0.1, 0.15) is 17.7 Å². The monoisotopic (exact) mass is 329 g/mol. The molecule has 2 aromatic rings. The number of benzene rings is 2. The molecule has 0 aromatic heterocycles. The third-order valence-electron chi connectivity index (χ3n) is 4.04. The molecular formula is C19H20FNO3. The number of rotatable bonds is 4. The summed E-state index contributed by atoms with van der Waals surface area (Å²) in [5, 5.41) is 0. The molecule has 1 atom stereocenters. The molecule has 1 unspecified atom stereocenters. The normalized spacial score (nSPS) is 17.6. The van der Waals surface area contributed by atoms with Gasteiger partial charge < -0.3 is 14.4 Å². The van der Waals surface area contributed by atoms with Crippen LogP contribution in [0.2, 0.25) is 0 Å². The molecule has 2 aromatic carbocycles. The van der Waals surface area contributed by atoms with Crippen LogP contribution >= 0.6 is 0 Å². The van der Waals surface area contributed by atoms with Crippen molar-refractivity contribution in [2.24, 2.45) is 0 Å². The number of amides is 1. The number of carbonyl (C=O) groups is 1. The second-order valence-electron chi connectivity index (χ2n) is 5.85. The van der Waals surface area contributed by atoms with Crippen molar-refractivity contribution in [3.05, 3.63) is 65.5 Å². The minimum Gasteiger partial charge on any atom is -0.484 e. The molecule has 126 valence electrons. The van der Waals surface area contributed by atoms with E-state index < -0.39 is 0 Å². The number of hydrogen-bond donors (Lipinski definition) is 0. The molecule has 0 bridgehead atoms. The maximum Gasteiger partial charge on any atom is 0.260 e. The van der Waals surface area contributed by atoms with E-state index >= 15 is 0 Å².